The molecule has 2 fully saturated rings. The highest BCUT2D eigenvalue weighted by Gasteiger charge is 2.32. The summed E-state index contributed by atoms with van der Waals surface area (Å²) in [5.41, 5.74) is 1.19. The van der Waals surface area contributed by atoms with E-state index >= 15 is 0 Å². The highest BCUT2D eigenvalue weighted by atomic mass is 16.5. The van der Waals surface area contributed by atoms with E-state index in [1.54, 1.807) is 0 Å². The number of aliphatic hydroxyl groups is 1. The number of hydrogen-bond donors (Lipinski definition) is 2. The molecule has 0 radical (unpaired) electrons. The van der Waals surface area contributed by atoms with Gasteiger partial charge in [-0.1, -0.05) is 12.1 Å². The van der Waals surface area contributed by atoms with Gasteiger partial charge in [0.1, 0.15) is 18.0 Å². The van der Waals surface area contributed by atoms with Crippen molar-refractivity contribution in [2.24, 2.45) is 0 Å². The van der Waals surface area contributed by atoms with Crippen molar-refractivity contribution in [1.29, 1.82) is 0 Å². The minimum Gasteiger partial charge on any atom is -0.488 e. The van der Waals surface area contributed by atoms with Gasteiger partial charge in [-0.3, -0.25) is 0 Å². The normalized spacial score (nSPS) is 27.5. The van der Waals surface area contributed by atoms with Gasteiger partial charge in [0.15, 0.2) is 0 Å². The Labute approximate surface area is 152 Å². The maximum absolute atomic E-state index is 10.7. The molecule has 25 heavy (non-hydrogen) atoms. The van der Waals surface area contributed by atoms with Crippen LogP contribution in [0.15, 0.2) is 24.3 Å². The highest BCUT2D eigenvalue weighted by molar-refractivity contribution is 5.27. The van der Waals surface area contributed by atoms with Crippen LogP contribution in [0.1, 0.15) is 50.5 Å². The standard InChI is InChI=1S/C21H34N2O2/c1-17-8-6-9-18(16-17)25-20-11-7-10-19(21(20)24)22-12-2-3-13-23-14-4-5-15-23/h6,8-9,16,19-22,24H,2-5,7,10-15H2,1H3/t19-,20+,21+/m0/s1. The van der Waals surface area contributed by atoms with Crippen LogP contribution in [0, 0.1) is 6.92 Å². The molecule has 2 aliphatic rings. The number of nitrogens with one attached hydrogen (secondary N) is 1. The number of rotatable bonds is 8. The topological polar surface area (TPSA) is 44.7 Å². The largest absolute Gasteiger partial charge is 0.488 e. The molecule has 0 spiro atoms. The molecule has 4 heteroatoms. The molecule has 140 valence electrons. The van der Waals surface area contributed by atoms with Gasteiger partial charge in [-0.15, -0.1) is 0 Å². The molecule has 0 unspecified atom stereocenters. The number of ether oxygens (including phenoxy) is 1. The molecule has 3 rings (SSSR count). The molecule has 0 aromatic heterocycles. The molecule has 3 atom stereocenters. The monoisotopic (exact) mass is 346 g/mol. The predicted molar refractivity (Wildman–Crippen MR) is 102 cm³/mol. The van der Waals surface area contributed by atoms with Crippen LogP contribution < -0.4 is 10.1 Å². The lowest BCUT2D eigenvalue weighted by Gasteiger charge is -2.35. The van der Waals surface area contributed by atoms with Gasteiger partial charge in [0.2, 0.25) is 0 Å². The Bertz CT molecular complexity index is 516. The van der Waals surface area contributed by atoms with Crippen molar-refractivity contribution in [2.45, 2.75) is 70.1 Å². The zero-order valence-electron chi connectivity index (χ0n) is 15.6. The first kappa shape index (κ1) is 18.7. The van der Waals surface area contributed by atoms with Crippen LogP contribution in [-0.4, -0.2) is 54.4 Å². The van der Waals surface area contributed by atoms with E-state index in [-0.39, 0.29) is 12.1 Å². The number of unbranched alkanes of at least 4 members (excludes halogenated alkanes) is 1. The number of benzene rings is 1. The van der Waals surface area contributed by atoms with Gasteiger partial charge in [0.05, 0.1) is 0 Å². The first-order valence-corrected chi connectivity index (χ1v) is 10.1. The summed E-state index contributed by atoms with van der Waals surface area (Å²) < 4.78 is 6.08. The maximum Gasteiger partial charge on any atom is 0.126 e. The van der Waals surface area contributed by atoms with Gasteiger partial charge >= 0.3 is 0 Å². The minimum absolute atomic E-state index is 0.0994. The van der Waals surface area contributed by atoms with Crippen molar-refractivity contribution >= 4 is 0 Å². The van der Waals surface area contributed by atoms with E-state index in [4.69, 9.17) is 4.74 Å². The van der Waals surface area contributed by atoms with E-state index in [0.29, 0.717) is 0 Å². The summed E-state index contributed by atoms with van der Waals surface area (Å²) in [5, 5.41) is 14.3. The lowest BCUT2D eigenvalue weighted by molar-refractivity contribution is -0.0153. The van der Waals surface area contributed by atoms with Gasteiger partial charge in [0, 0.05) is 6.04 Å². The lowest BCUT2D eigenvalue weighted by atomic mass is 9.89. The smallest absolute Gasteiger partial charge is 0.126 e. The van der Waals surface area contributed by atoms with Crippen LogP contribution in [0.4, 0.5) is 0 Å². The van der Waals surface area contributed by atoms with Crippen molar-refractivity contribution in [1.82, 2.24) is 10.2 Å². The molecule has 1 saturated heterocycles. The van der Waals surface area contributed by atoms with Crippen molar-refractivity contribution in [2.75, 3.05) is 26.2 Å². The van der Waals surface area contributed by atoms with Crippen LogP contribution in [0.2, 0.25) is 0 Å². The van der Waals surface area contributed by atoms with Crippen molar-refractivity contribution < 1.29 is 9.84 Å². The Morgan fingerprint density at radius 3 is 2.80 bits per heavy atom. The lowest BCUT2D eigenvalue weighted by Crippen LogP contribution is -2.51. The first-order valence-electron chi connectivity index (χ1n) is 10.1. The molecule has 0 amide bonds. The molecule has 1 saturated carbocycles. The average molecular weight is 347 g/mol. The maximum atomic E-state index is 10.7. The molecule has 1 aliphatic heterocycles. The summed E-state index contributed by atoms with van der Waals surface area (Å²) in [6, 6.07) is 8.26. The Morgan fingerprint density at radius 2 is 2.00 bits per heavy atom. The molecule has 1 aromatic carbocycles. The Kier molecular flexibility index (Phi) is 7.14. The van der Waals surface area contributed by atoms with Gasteiger partial charge in [-0.05, 0) is 95.7 Å². The Hall–Kier alpha value is -1.10. The number of hydrogen-bond acceptors (Lipinski definition) is 4. The molecule has 0 bridgehead atoms. The summed E-state index contributed by atoms with van der Waals surface area (Å²) in [4.78, 5) is 2.57. The molecular formula is C21H34N2O2. The Balaban J connectivity index is 1.38. The van der Waals surface area contributed by atoms with E-state index < -0.39 is 6.10 Å². The zero-order valence-corrected chi connectivity index (χ0v) is 15.6. The van der Waals surface area contributed by atoms with Crippen molar-refractivity contribution in [3.63, 3.8) is 0 Å². The predicted octanol–water partition coefficient (Wildman–Crippen LogP) is 3.12. The second-order valence-corrected chi connectivity index (χ2v) is 7.71. The first-order chi connectivity index (χ1) is 12.2. The summed E-state index contributed by atoms with van der Waals surface area (Å²) in [6.45, 7) is 6.86. The van der Waals surface area contributed by atoms with Gasteiger partial charge in [-0.2, -0.15) is 0 Å². The molecule has 2 N–H and O–H groups in total. The number of aliphatic hydroxyl groups excluding tert-OH is 1. The van der Waals surface area contributed by atoms with Crippen molar-refractivity contribution in [3.05, 3.63) is 29.8 Å². The third-order valence-corrected chi connectivity index (χ3v) is 5.58. The van der Waals surface area contributed by atoms with E-state index in [2.05, 4.69) is 23.2 Å². The Morgan fingerprint density at radius 1 is 1.16 bits per heavy atom. The van der Waals surface area contributed by atoms with Crippen molar-refractivity contribution in [3.8, 4) is 5.75 Å². The molecule has 4 nitrogen and oxygen atoms in total. The second-order valence-electron chi connectivity index (χ2n) is 7.71. The van der Waals surface area contributed by atoms with E-state index in [1.165, 1.54) is 50.9 Å². The number of nitrogens with zero attached hydrogens (tertiary/aromatic N) is 1. The quantitative estimate of drug-likeness (QED) is 0.710. The van der Waals surface area contributed by atoms with Gasteiger partial charge in [0.25, 0.3) is 0 Å². The second kappa shape index (κ2) is 9.56. The summed E-state index contributed by atoms with van der Waals surface area (Å²) in [6.07, 6.45) is 7.74. The third kappa shape index (κ3) is 5.70. The third-order valence-electron chi connectivity index (χ3n) is 5.58. The molecule has 1 aliphatic carbocycles. The highest BCUT2D eigenvalue weighted by Crippen LogP contribution is 2.25. The fourth-order valence-electron chi connectivity index (χ4n) is 4.11. The van der Waals surface area contributed by atoms with Crippen LogP contribution in [-0.2, 0) is 0 Å². The average Bonchev–Trinajstić information content (AvgIpc) is 3.11. The van der Waals surface area contributed by atoms with Gasteiger partial charge < -0.3 is 20.1 Å². The van der Waals surface area contributed by atoms with Crippen LogP contribution in [0.3, 0.4) is 0 Å². The van der Waals surface area contributed by atoms with Crippen LogP contribution in [0.5, 0.6) is 5.75 Å². The number of likely N-dealkylation sites (tertiary alicyclic amines) is 1. The van der Waals surface area contributed by atoms with E-state index in [1.807, 2.05) is 18.2 Å². The fraction of sp³-hybridized carbons (Fsp3) is 0.714. The summed E-state index contributed by atoms with van der Waals surface area (Å²) in [7, 11) is 0. The molecular weight excluding hydrogens is 312 g/mol. The molecule has 1 heterocycles. The zero-order chi connectivity index (χ0) is 17.5. The fourth-order valence-corrected chi connectivity index (χ4v) is 4.11. The van der Waals surface area contributed by atoms with E-state index in [0.717, 1.165) is 31.6 Å². The summed E-state index contributed by atoms with van der Waals surface area (Å²) >= 11 is 0. The van der Waals surface area contributed by atoms with Crippen LogP contribution >= 0.6 is 0 Å². The van der Waals surface area contributed by atoms with Crippen LogP contribution in [0.25, 0.3) is 0 Å². The van der Waals surface area contributed by atoms with Gasteiger partial charge in [-0.25, -0.2) is 0 Å². The van der Waals surface area contributed by atoms with E-state index in [9.17, 15) is 5.11 Å². The number of aryl methyl sites for hydroxylation is 1. The molecule has 1 aromatic rings. The SMILES string of the molecule is Cc1cccc(O[C@@H]2CCC[C@H](NCCCCN3CCCC3)[C@H]2O)c1. The minimum atomic E-state index is -0.423. The summed E-state index contributed by atoms with van der Waals surface area (Å²) in [5.74, 6) is 0.871.